The number of likely N-dealkylation sites (tertiary alicyclic amines) is 1. The molecule has 3 aromatic heterocycles. The van der Waals surface area contributed by atoms with E-state index in [1.807, 2.05) is 17.0 Å². The molecule has 2 saturated heterocycles. The Hall–Kier alpha value is -4.19. The summed E-state index contributed by atoms with van der Waals surface area (Å²) >= 11 is 0. The van der Waals surface area contributed by atoms with Gasteiger partial charge >= 0.3 is 0 Å². The van der Waals surface area contributed by atoms with Gasteiger partial charge in [0.1, 0.15) is 23.6 Å². The molecule has 0 spiro atoms. The fraction of sp³-hybridized carbons (Fsp3) is 0.414. The van der Waals surface area contributed by atoms with Crippen LogP contribution >= 0.6 is 0 Å². The van der Waals surface area contributed by atoms with E-state index in [1.54, 1.807) is 0 Å². The van der Waals surface area contributed by atoms with Crippen molar-refractivity contribution in [2.45, 2.75) is 51.2 Å². The molecular weight excluding hydrogens is 530 g/mol. The molecule has 4 aromatic rings. The van der Waals surface area contributed by atoms with Gasteiger partial charge < -0.3 is 24.8 Å². The lowest BCUT2D eigenvalue weighted by Gasteiger charge is -2.32. The molecule has 12 heteroatoms. The first kappa shape index (κ1) is 27.0. The Bertz CT molecular complexity index is 1550. The van der Waals surface area contributed by atoms with Crippen molar-refractivity contribution in [3.63, 3.8) is 0 Å². The maximum Gasteiger partial charge on any atom is 0.254 e. The number of hydrogen-bond donors (Lipinski definition) is 2. The van der Waals surface area contributed by atoms with Gasteiger partial charge in [-0.25, -0.2) is 28.7 Å². The molecule has 1 aromatic carbocycles. The summed E-state index contributed by atoms with van der Waals surface area (Å²) in [6.07, 6.45) is 9.64. The molecule has 0 bridgehead atoms. The zero-order chi connectivity index (χ0) is 28.5. The van der Waals surface area contributed by atoms with Crippen LogP contribution in [0.2, 0.25) is 0 Å². The number of hydrogen-bond acceptors (Lipinski definition) is 8. The van der Waals surface area contributed by atoms with Crippen molar-refractivity contribution < 1.29 is 18.7 Å². The highest BCUT2D eigenvalue weighted by atomic mass is 19.1. The largest absolute Gasteiger partial charge is 0.391 e. The van der Waals surface area contributed by atoms with Gasteiger partial charge in [0, 0.05) is 56.4 Å². The van der Waals surface area contributed by atoms with Crippen LogP contribution in [-0.2, 0) is 6.42 Å². The van der Waals surface area contributed by atoms with Gasteiger partial charge in [-0.15, -0.1) is 0 Å². The molecule has 0 aliphatic carbocycles. The monoisotopic (exact) mass is 562 g/mol. The van der Waals surface area contributed by atoms with Crippen molar-refractivity contribution in [3.05, 3.63) is 65.9 Å². The summed E-state index contributed by atoms with van der Waals surface area (Å²) in [5.41, 5.74) is 1.77. The molecule has 1 amide bonds. The fourth-order valence-corrected chi connectivity index (χ4v) is 5.65. The molecule has 10 nitrogen and oxygen atoms in total. The normalized spacial score (nSPS) is 18.2. The zero-order valence-corrected chi connectivity index (χ0v) is 22.8. The summed E-state index contributed by atoms with van der Waals surface area (Å²) in [6, 6.07) is 4.13. The Labute approximate surface area is 236 Å². The van der Waals surface area contributed by atoms with Gasteiger partial charge in [-0.05, 0) is 55.9 Å². The number of β-amino-alcohol motifs (C(OH)–C–C–N with tert-alkyl or cyclic N) is 1. The van der Waals surface area contributed by atoms with Crippen molar-refractivity contribution in [1.29, 1.82) is 0 Å². The summed E-state index contributed by atoms with van der Waals surface area (Å²) in [5.74, 6) is -0.662. The highest BCUT2D eigenvalue weighted by Gasteiger charge is 2.27. The highest BCUT2D eigenvalue weighted by molar-refractivity contribution is 5.95. The van der Waals surface area contributed by atoms with Crippen molar-refractivity contribution in [3.8, 4) is 0 Å². The average Bonchev–Trinajstić information content (AvgIpc) is 3.35. The number of benzene rings is 1. The third-order valence-electron chi connectivity index (χ3n) is 7.96. The second-order valence-electron chi connectivity index (χ2n) is 10.6. The number of carbonyl (C=O) groups excluding carboxylic acids is 1. The standard InChI is InChI=1S/C29H32F2N8O2/c1-2-18-13-32-29(33-14-18)37-10-7-20(8-11-37)39-16-23(31)25-26(34-17-35-27(25)39)36-24-6-5-19(12-22(24)30)28(41)38-9-3-4-21(40)15-38/h5-6,12-14,16-17,20-21,40H,2-4,7-11,15H2,1H3,(H,34,35,36)/t21-/m1/s1. The first-order valence-corrected chi connectivity index (χ1v) is 14.0. The fourth-order valence-electron chi connectivity index (χ4n) is 5.65. The zero-order valence-electron chi connectivity index (χ0n) is 22.8. The minimum absolute atomic E-state index is 0.0197. The van der Waals surface area contributed by atoms with Crippen LogP contribution in [0, 0.1) is 11.6 Å². The second-order valence-corrected chi connectivity index (χ2v) is 10.6. The number of piperidine rings is 2. The summed E-state index contributed by atoms with van der Waals surface area (Å²) < 4.78 is 32.3. The predicted molar refractivity (Wildman–Crippen MR) is 150 cm³/mol. The van der Waals surface area contributed by atoms with E-state index in [-0.39, 0.29) is 40.9 Å². The average molecular weight is 563 g/mol. The molecule has 5 heterocycles. The van der Waals surface area contributed by atoms with Crippen LogP contribution in [0.3, 0.4) is 0 Å². The van der Waals surface area contributed by atoms with E-state index in [9.17, 15) is 9.90 Å². The number of aromatic nitrogens is 5. The van der Waals surface area contributed by atoms with E-state index in [0.717, 1.165) is 44.0 Å². The predicted octanol–water partition coefficient (Wildman–Crippen LogP) is 4.24. The summed E-state index contributed by atoms with van der Waals surface area (Å²) in [4.78, 5) is 34.0. The van der Waals surface area contributed by atoms with Crippen molar-refractivity contribution in [2.24, 2.45) is 0 Å². The minimum Gasteiger partial charge on any atom is -0.391 e. The van der Waals surface area contributed by atoms with E-state index in [2.05, 4.69) is 37.1 Å². The van der Waals surface area contributed by atoms with Gasteiger partial charge in [-0.1, -0.05) is 6.92 Å². The van der Waals surface area contributed by atoms with Crippen LogP contribution in [0.25, 0.3) is 11.0 Å². The molecule has 0 radical (unpaired) electrons. The Morgan fingerprint density at radius 3 is 2.54 bits per heavy atom. The van der Waals surface area contributed by atoms with Crippen LogP contribution in [0.15, 0.2) is 43.1 Å². The second kappa shape index (κ2) is 11.4. The molecule has 2 aliphatic heterocycles. The van der Waals surface area contributed by atoms with E-state index in [0.29, 0.717) is 31.0 Å². The van der Waals surface area contributed by atoms with Gasteiger partial charge in [0.25, 0.3) is 5.91 Å². The topological polar surface area (TPSA) is 112 Å². The summed E-state index contributed by atoms with van der Waals surface area (Å²) in [7, 11) is 0. The highest BCUT2D eigenvalue weighted by Crippen LogP contribution is 2.33. The number of rotatable bonds is 6. The Morgan fingerprint density at radius 2 is 1.83 bits per heavy atom. The minimum atomic E-state index is -0.665. The summed E-state index contributed by atoms with van der Waals surface area (Å²) in [6.45, 7) is 4.26. The molecule has 1 atom stereocenters. The number of carbonyl (C=O) groups is 1. The van der Waals surface area contributed by atoms with Crippen molar-refractivity contribution >= 4 is 34.4 Å². The van der Waals surface area contributed by atoms with Gasteiger partial charge in [0.2, 0.25) is 5.95 Å². The molecule has 6 rings (SSSR count). The number of nitrogens with zero attached hydrogens (tertiary/aromatic N) is 7. The molecule has 0 unspecified atom stereocenters. The lowest BCUT2D eigenvalue weighted by Crippen LogP contribution is -2.42. The number of aliphatic hydroxyl groups excluding tert-OH is 1. The van der Waals surface area contributed by atoms with Crippen molar-refractivity contribution in [1.82, 2.24) is 29.4 Å². The quantitative estimate of drug-likeness (QED) is 0.359. The molecular formula is C29H32F2N8O2. The number of nitrogens with one attached hydrogen (secondary N) is 1. The number of amides is 1. The van der Waals surface area contributed by atoms with Crippen LogP contribution < -0.4 is 10.2 Å². The number of aliphatic hydroxyl groups is 1. The number of halogens is 2. The van der Waals surface area contributed by atoms with Gasteiger partial charge in [0.05, 0.1) is 17.2 Å². The Kier molecular flexibility index (Phi) is 7.48. The molecule has 2 aliphatic rings. The molecule has 41 heavy (non-hydrogen) atoms. The first-order chi connectivity index (χ1) is 19.9. The lowest BCUT2D eigenvalue weighted by atomic mass is 10.1. The third kappa shape index (κ3) is 5.43. The number of fused-ring (bicyclic) bond motifs is 1. The van der Waals surface area contributed by atoms with E-state index < -0.39 is 17.7 Å². The van der Waals surface area contributed by atoms with Gasteiger partial charge in [-0.2, -0.15) is 0 Å². The van der Waals surface area contributed by atoms with Gasteiger partial charge in [-0.3, -0.25) is 4.79 Å². The number of anilines is 3. The third-order valence-corrected chi connectivity index (χ3v) is 7.96. The van der Waals surface area contributed by atoms with Crippen LogP contribution in [0.1, 0.15) is 54.6 Å². The van der Waals surface area contributed by atoms with Gasteiger partial charge in [0.15, 0.2) is 5.82 Å². The molecule has 2 N–H and O–H groups in total. The molecule has 214 valence electrons. The number of aryl methyl sites for hydroxylation is 1. The van der Waals surface area contributed by atoms with Crippen LogP contribution in [-0.4, -0.2) is 72.7 Å². The lowest BCUT2D eigenvalue weighted by molar-refractivity contribution is 0.0473. The molecule has 2 fully saturated rings. The first-order valence-electron chi connectivity index (χ1n) is 14.0. The van der Waals surface area contributed by atoms with Crippen LogP contribution in [0.4, 0.5) is 26.2 Å². The summed E-state index contributed by atoms with van der Waals surface area (Å²) in [5, 5.41) is 12.9. The maximum absolute atomic E-state index is 15.3. The van der Waals surface area contributed by atoms with Crippen molar-refractivity contribution in [2.75, 3.05) is 36.4 Å². The van der Waals surface area contributed by atoms with E-state index in [1.165, 1.54) is 29.6 Å². The molecule has 0 saturated carbocycles. The smallest absolute Gasteiger partial charge is 0.254 e. The van der Waals surface area contributed by atoms with E-state index in [4.69, 9.17) is 0 Å². The van der Waals surface area contributed by atoms with Crippen LogP contribution in [0.5, 0.6) is 0 Å². The SMILES string of the molecule is CCc1cnc(N2CCC(n3cc(F)c4c(Nc5ccc(C(=O)N6CCC[C@@H](O)C6)cc5F)ncnc43)CC2)nc1. The Balaban J connectivity index is 1.18. The van der Waals surface area contributed by atoms with E-state index >= 15 is 8.78 Å². The maximum atomic E-state index is 15.3. The Morgan fingerprint density at radius 1 is 1.05 bits per heavy atom.